The SMILES string of the molecule is CCC1CCCC(OC(=O)c2cc(N)ccc2Br)C1. The lowest BCUT2D eigenvalue weighted by molar-refractivity contribution is 0.0139. The Bertz CT molecular complexity index is 461. The molecule has 2 N–H and O–H groups in total. The van der Waals surface area contributed by atoms with Crippen molar-refractivity contribution in [2.75, 3.05) is 5.73 Å². The highest BCUT2D eigenvalue weighted by atomic mass is 79.9. The summed E-state index contributed by atoms with van der Waals surface area (Å²) in [5.74, 6) is 0.414. The molecule has 0 radical (unpaired) electrons. The van der Waals surface area contributed by atoms with Crippen molar-refractivity contribution in [2.24, 2.45) is 5.92 Å². The largest absolute Gasteiger partial charge is 0.459 e. The van der Waals surface area contributed by atoms with Crippen LogP contribution in [0.1, 0.15) is 49.4 Å². The second-order valence-corrected chi connectivity index (χ2v) is 6.06. The maximum atomic E-state index is 12.2. The molecule has 1 aromatic rings. The van der Waals surface area contributed by atoms with Gasteiger partial charge in [0.05, 0.1) is 5.56 Å². The molecule has 1 fully saturated rings. The third kappa shape index (κ3) is 3.72. The van der Waals surface area contributed by atoms with Crippen molar-refractivity contribution in [2.45, 2.75) is 45.1 Å². The quantitative estimate of drug-likeness (QED) is 0.670. The lowest BCUT2D eigenvalue weighted by Crippen LogP contribution is -2.25. The molecule has 2 unspecified atom stereocenters. The van der Waals surface area contributed by atoms with Crippen molar-refractivity contribution in [1.29, 1.82) is 0 Å². The van der Waals surface area contributed by atoms with Crippen molar-refractivity contribution < 1.29 is 9.53 Å². The summed E-state index contributed by atoms with van der Waals surface area (Å²) in [5.41, 5.74) is 6.80. The first kappa shape index (κ1) is 14.4. The molecule has 104 valence electrons. The maximum absolute atomic E-state index is 12.2. The van der Waals surface area contributed by atoms with Crippen LogP contribution in [-0.2, 0) is 4.74 Å². The Hall–Kier alpha value is -1.03. The smallest absolute Gasteiger partial charge is 0.339 e. The molecule has 0 amide bonds. The van der Waals surface area contributed by atoms with Gasteiger partial charge in [0.1, 0.15) is 6.10 Å². The van der Waals surface area contributed by atoms with Gasteiger partial charge in [0.15, 0.2) is 0 Å². The molecule has 0 spiro atoms. The van der Waals surface area contributed by atoms with Crippen LogP contribution in [0.4, 0.5) is 5.69 Å². The molecule has 1 aliphatic carbocycles. The van der Waals surface area contributed by atoms with Crippen LogP contribution in [0.2, 0.25) is 0 Å². The van der Waals surface area contributed by atoms with E-state index in [1.807, 2.05) is 0 Å². The number of nitrogen functional groups attached to an aromatic ring is 1. The van der Waals surface area contributed by atoms with Crippen LogP contribution in [0.15, 0.2) is 22.7 Å². The molecule has 0 bridgehead atoms. The van der Waals surface area contributed by atoms with Gasteiger partial charge in [-0.15, -0.1) is 0 Å². The predicted octanol–water partition coefficient (Wildman–Crippen LogP) is 4.16. The average molecular weight is 326 g/mol. The van der Waals surface area contributed by atoms with Gasteiger partial charge in [-0.1, -0.05) is 19.8 Å². The van der Waals surface area contributed by atoms with Crippen molar-refractivity contribution in [3.05, 3.63) is 28.2 Å². The zero-order chi connectivity index (χ0) is 13.8. The topological polar surface area (TPSA) is 52.3 Å². The first-order valence-corrected chi connectivity index (χ1v) is 7.65. The van der Waals surface area contributed by atoms with E-state index < -0.39 is 0 Å². The Kier molecular flexibility index (Phi) is 4.86. The molecule has 3 nitrogen and oxygen atoms in total. The summed E-state index contributed by atoms with van der Waals surface area (Å²) in [5, 5.41) is 0. The van der Waals surface area contributed by atoms with Crippen molar-refractivity contribution >= 4 is 27.6 Å². The highest BCUT2D eigenvalue weighted by Gasteiger charge is 2.24. The third-order valence-corrected chi connectivity index (χ3v) is 4.49. The Labute approximate surface area is 122 Å². The molecule has 0 aliphatic heterocycles. The minimum atomic E-state index is -0.277. The highest BCUT2D eigenvalue weighted by molar-refractivity contribution is 9.10. The molecule has 1 aliphatic rings. The number of carbonyl (C=O) groups excluding carboxylic acids is 1. The summed E-state index contributed by atoms with van der Waals surface area (Å²) in [6.07, 6.45) is 5.58. The minimum absolute atomic E-state index is 0.0551. The van der Waals surface area contributed by atoms with Gasteiger partial charge in [0.25, 0.3) is 0 Å². The van der Waals surface area contributed by atoms with E-state index in [4.69, 9.17) is 10.5 Å². The van der Waals surface area contributed by atoms with Crippen molar-refractivity contribution in [1.82, 2.24) is 0 Å². The van der Waals surface area contributed by atoms with Gasteiger partial charge in [0.2, 0.25) is 0 Å². The monoisotopic (exact) mass is 325 g/mol. The van der Waals surface area contributed by atoms with Gasteiger partial charge in [-0.05, 0) is 59.3 Å². The van der Waals surface area contributed by atoms with E-state index in [0.717, 1.165) is 30.2 Å². The van der Waals surface area contributed by atoms with E-state index in [1.54, 1.807) is 18.2 Å². The molecule has 1 aromatic carbocycles. The molecular formula is C15H20BrNO2. The third-order valence-electron chi connectivity index (χ3n) is 3.80. The fraction of sp³-hybridized carbons (Fsp3) is 0.533. The zero-order valence-corrected chi connectivity index (χ0v) is 12.8. The van der Waals surface area contributed by atoms with E-state index in [-0.39, 0.29) is 12.1 Å². The zero-order valence-electron chi connectivity index (χ0n) is 11.2. The van der Waals surface area contributed by atoms with Gasteiger partial charge in [-0.3, -0.25) is 0 Å². The average Bonchev–Trinajstić information content (AvgIpc) is 2.41. The fourth-order valence-electron chi connectivity index (χ4n) is 2.63. The standard InChI is InChI=1S/C15H20BrNO2/c1-2-10-4-3-5-12(8-10)19-15(18)13-9-11(17)6-7-14(13)16/h6-7,9-10,12H,2-5,8,17H2,1H3. The van der Waals surface area contributed by atoms with E-state index >= 15 is 0 Å². The summed E-state index contributed by atoms with van der Waals surface area (Å²) in [4.78, 5) is 12.2. The lowest BCUT2D eigenvalue weighted by Gasteiger charge is -2.28. The molecule has 4 heteroatoms. The fourth-order valence-corrected chi connectivity index (χ4v) is 3.04. The second kappa shape index (κ2) is 6.42. The molecule has 19 heavy (non-hydrogen) atoms. The summed E-state index contributed by atoms with van der Waals surface area (Å²) >= 11 is 3.37. The van der Waals surface area contributed by atoms with Gasteiger partial charge in [-0.25, -0.2) is 4.79 Å². The summed E-state index contributed by atoms with van der Waals surface area (Å²) in [6.45, 7) is 2.20. The van der Waals surface area contributed by atoms with E-state index in [9.17, 15) is 4.79 Å². The molecular weight excluding hydrogens is 306 g/mol. The second-order valence-electron chi connectivity index (χ2n) is 5.21. The van der Waals surface area contributed by atoms with E-state index in [1.165, 1.54) is 6.42 Å². The molecule has 2 atom stereocenters. The van der Waals surface area contributed by atoms with Crippen LogP contribution in [0, 0.1) is 5.92 Å². The van der Waals surface area contributed by atoms with Crippen LogP contribution >= 0.6 is 15.9 Å². The number of ether oxygens (including phenoxy) is 1. The van der Waals surface area contributed by atoms with E-state index in [0.29, 0.717) is 17.2 Å². The first-order chi connectivity index (χ1) is 9.10. The Morgan fingerprint density at radius 3 is 3.00 bits per heavy atom. The Balaban J connectivity index is 2.02. The Morgan fingerprint density at radius 1 is 1.47 bits per heavy atom. The number of benzene rings is 1. The number of halogens is 1. The predicted molar refractivity (Wildman–Crippen MR) is 80.0 cm³/mol. The van der Waals surface area contributed by atoms with E-state index in [2.05, 4.69) is 22.9 Å². The minimum Gasteiger partial charge on any atom is -0.459 e. The van der Waals surface area contributed by atoms with Gasteiger partial charge in [0, 0.05) is 10.2 Å². The van der Waals surface area contributed by atoms with Gasteiger partial charge >= 0.3 is 5.97 Å². The Morgan fingerprint density at radius 2 is 2.26 bits per heavy atom. The molecule has 2 rings (SSSR count). The number of carbonyl (C=O) groups is 1. The van der Waals surface area contributed by atoms with Crippen molar-refractivity contribution in [3.8, 4) is 0 Å². The van der Waals surface area contributed by atoms with Crippen molar-refractivity contribution in [3.63, 3.8) is 0 Å². The molecule has 0 aromatic heterocycles. The number of anilines is 1. The van der Waals surface area contributed by atoms with Crippen LogP contribution in [0.25, 0.3) is 0 Å². The van der Waals surface area contributed by atoms with Gasteiger partial charge in [-0.2, -0.15) is 0 Å². The summed E-state index contributed by atoms with van der Waals surface area (Å²) in [6, 6.07) is 5.20. The van der Waals surface area contributed by atoms with Crippen LogP contribution < -0.4 is 5.73 Å². The van der Waals surface area contributed by atoms with Crippen LogP contribution in [0.3, 0.4) is 0 Å². The summed E-state index contributed by atoms with van der Waals surface area (Å²) < 4.78 is 6.35. The first-order valence-electron chi connectivity index (χ1n) is 6.86. The van der Waals surface area contributed by atoms with Crippen LogP contribution in [-0.4, -0.2) is 12.1 Å². The molecule has 0 heterocycles. The maximum Gasteiger partial charge on any atom is 0.339 e. The molecule has 0 saturated heterocycles. The molecule has 1 saturated carbocycles. The van der Waals surface area contributed by atoms with Gasteiger partial charge < -0.3 is 10.5 Å². The lowest BCUT2D eigenvalue weighted by atomic mass is 9.85. The normalized spacial score (nSPS) is 23.1. The number of nitrogens with two attached hydrogens (primary N) is 1. The number of hydrogen-bond donors (Lipinski definition) is 1. The highest BCUT2D eigenvalue weighted by Crippen LogP contribution is 2.29. The summed E-state index contributed by atoms with van der Waals surface area (Å²) in [7, 11) is 0. The number of rotatable bonds is 3. The number of esters is 1. The van der Waals surface area contributed by atoms with Crippen LogP contribution in [0.5, 0.6) is 0 Å². The number of hydrogen-bond acceptors (Lipinski definition) is 3.